The predicted octanol–water partition coefficient (Wildman–Crippen LogP) is 5.41. The summed E-state index contributed by atoms with van der Waals surface area (Å²) in [6.07, 6.45) is 4.82. The van der Waals surface area contributed by atoms with Crippen LogP contribution < -0.4 is 0 Å². The molecule has 122 valence electrons. The molecule has 1 heterocycles. The molecule has 1 aliphatic rings. The smallest absolute Gasteiger partial charge is 0.0198 e. The molecule has 0 saturated carbocycles. The molecule has 1 heteroatoms. The van der Waals surface area contributed by atoms with Gasteiger partial charge >= 0.3 is 0 Å². The molecule has 22 heavy (non-hydrogen) atoms. The SMILES string of the molecule is CC(=CN1CC(C)CC(C)C1)Cc1ccc(C(C)(C)C)cc1. The highest BCUT2D eigenvalue weighted by Crippen LogP contribution is 2.24. The van der Waals surface area contributed by atoms with Crippen molar-refractivity contribution in [2.24, 2.45) is 11.8 Å². The minimum absolute atomic E-state index is 0.240. The van der Waals surface area contributed by atoms with Gasteiger partial charge in [-0.15, -0.1) is 0 Å². The van der Waals surface area contributed by atoms with Gasteiger partial charge in [-0.3, -0.25) is 0 Å². The van der Waals surface area contributed by atoms with Crippen LogP contribution in [0.4, 0.5) is 0 Å². The molecule has 0 amide bonds. The Morgan fingerprint density at radius 2 is 1.64 bits per heavy atom. The summed E-state index contributed by atoms with van der Waals surface area (Å²) >= 11 is 0. The fourth-order valence-corrected chi connectivity index (χ4v) is 3.62. The quantitative estimate of drug-likeness (QED) is 0.721. The van der Waals surface area contributed by atoms with Crippen LogP contribution in [0.5, 0.6) is 0 Å². The van der Waals surface area contributed by atoms with Crippen LogP contribution in [0, 0.1) is 11.8 Å². The lowest BCUT2D eigenvalue weighted by atomic mass is 9.86. The van der Waals surface area contributed by atoms with E-state index in [1.165, 1.54) is 36.2 Å². The van der Waals surface area contributed by atoms with Crippen molar-refractivity contribution in [2.75, 3.05) is 13.1 Å². The minimum Gasteiger partial charge on any atom is -0.377 e. The average molecular weight is 300 g/mol. The van der Waals surface area contributed by atoms with Crippen LogP contribution in [0.1, 0.15) is 59.1 Å². The summed E-state index contributed by atoms with van der Waals surface area (Å²) in [5.74, 6) is 1.64. The molecule has 0 radical (unpaired) electrons. The van der Waals surface area contributed by atoms with E-state index in [1.54, 1.807) is 0 Å². The normalized spacial score (nSPS) is 23.7. The number of hydrogen-bond acceptors (Lipinski definition) is 1. The van der Waals surface area contributed by atoms with E-state index < -0.39 is 0 Å². The van der Waals surface area contributed by atoms with Gasteiger partial charge in [0.1, 0.15) is 0 Å². The minimum atomic E-state index is 0.240. The van der Waals surface area contributed by atoms with Crippen molar-refractivity contribution in [3.05, 3.63) is 47.2 Å². The third-order valence-electron chi connectivity index (χ3n) is 4.60. The van der Waals surface area contributed by atoms with Crippen molar-refractivity contribution < 1.29 is 0 Å². The second kappa shape index (κ2) is 6.89. The lowest BCUT2D eigenvalue weighted by Gasteiger charge is -2.34. The van der Waals surface area contributed by atoms with Crippen molar-refractivity contribution in [3.8, 4) is 0 Å². The monoisotopic (exact) mass is 299 g/mol. The molecule has 2 atom stereocenters. The third-order valence-corrected chi connectivity index (χ3v) is 4.60. The van der Waals surface area contributed by atoms with Gasteiger partial charge in [0.15, 0.2) is 0 Å². The van der Waals surface area contributed by atoms with Crippen molar-refractivity contribution in [2.45, 2.75) is 59.8 Å². The molecule has 0 aliphatic carbocycles. The zero-order valence-electron chi connectivity index (χ0n) is 15.3. The summed E-state index contributed by atoms with van der Waals surface area (Å²) < 4.78 is 0. The molecule has 1 aromatic rings. The van der Waals surface area contributed by atoms with Crippen LogP contribution in [0.25, 0.3) is 0 Å². The molecule has 0 aromatic heterocycles. The lowest BCUT2D eigenvalue weighted by molar-refractivity contribution is 0.191. The predicted molar refractivity (Wildman–Crippen MR) is 97.1 cm³/mol. The van der Waals surface area contributed by atoms with Crippen LogP contribution in [-0.4, -0.2) is 18.0 Å². The second-order valence-electron chi connectivity index (χ2n) is 8.50. The van der Waals surface area contributed by atoms with Crippen molar-refractivity contribution in [1.82, 2.24) is 4.90 Å². The van der Waals surface area contributed by atoms with E-state index in [0.717, 1.165) is 18.3 Å². The molecular weight excluding hydrogens is 266 g/mol. The van der Waals surface area contributed by atoms with E-state index in [1.807, 2.05) is 0 Å². The van der Waals surface area contributed by atoms with Crippen LogP contribution in [0.2, 0.25) is 0 Å². The van der Waals surface area contributed by atoms with Gasteiger partial charge in [0.05, 0.1) is 0 Å². The summed E-state index contributed by atoms with van der Waals surface area (Å²) in [6.45, 7) is 16.2. The standard InChI is InChI=1S/C21H33N/c1-16-11-17(2)14-22(13-16)15-18(3)12-19-7-9-20(10-8-19)21(4,5)6/h7-10,15-17H,11-14H2,1-6H3. The largest absolute Gasteiger partial charge is 0.377 e. The highest BCUT2D eigenvalue weighted by Gasteiger charge is 2.19. The zero-order chi connectivity index (χ0) is 16.3. The molecule has 0 spiro atoms. The Morgan fingerprint density at radius 1 is 1.09 bits per heavy atom. The van der Waals surface area contributed by atoms with Crippen molar-refractivity contribution in [3.63, 3.8) is 0 Å². The van der Waals surface area contributed by atoms with E-state index in [4.69, 9.17) is 0 Å². The Kier molecular flexibility index (Phi) is 5.36. The first kappa shape index (κ1) is 17.1. The molecule has 0 bridgehead atoms. The number of rotatable bonds is 3. The Hall–Kier alpha value is -1.24. The number of likely N-dealkylation sites (tertiary alicyclic amines) is 1. The van der Waals surface area contributed by atoms with Gasteiger partial charge in [-0.2, -0.15) is 0 Å². The topological polar surface area (TPSA) is 3.24 Å². The highest BCUT2D eigenvalue weighted by atomic mass is 15.1. The van der Waals surface area contributed by atoms with Gasteiger partial charge in [-0.05, 0) is 54.3 Å². The molecule has 2 unspecified atom stereocenters. The Bertz CT molecular complexity index is 494. The van der Waals surface area contributed by atoms with Gasteiger partial charge in [0, 0.05) is 13.1 Å². The van der Waals surface area contributed by atoms with Crippen LogP contribution >= 0.6 is 0 Å². The number of allylic oxidation sites excluding steroid dienone is 1. The average Bonchev–Trinajstić information content (AvgIpc) is 2.36. The number of piperidine rings is 1. The number of benzene rings is 1. The highest BCUT2D eigenvalue weighted by molar-refractivity contribution is 5.29. The Balaban J connectivity index is 1.99. The molecule has 1 fully saturated rings. The zero-order valence-corrected chi connectivity index (χ0v) is 15.3. The fourth-order valence-electron chi connectivity index (χ4n) is 3.62. The molecule has 2 rings (SSSR count). The maximum absolute atomic E-state index is 2.53. The third kappa shape index (κ3) is 4.90. The lowest BCUT2D eigenvalue weighted by Crippen LogP contribution is -2.35. The van der Waals surface area contributed by atoms with E-state index in [-0.39, 0.29) is 5.41 Å². The number of nitrogens with zero attached hydrogens (tertiary/aromatic N) is 1. The van der Waals surface area contributed by atoms with E-state index in [2.05, 4.69) is 76.9 Å². The van der Waals surface area contributed by atoms with Gasteiger partial charge in [0.25, 0.3) is 0 Å². The first-order valence-electron chi connectivity index (χ1n) is 8.75. The molecule has 1 aromatic carbocycles. The molecular formula is C21H33N. The maximum Gasteiger partial charge on any atom is 0.0198 e. The Morgan fingerprint density at radius 3 is 2.14 bits per heavy atom. The van der Waals surface area contributed by atoms with Gasteiger partial charge in [-0.1, -0.05) is 64.5 Å². The van der Waals surface area contributed by atoms with Crippen molar-refractivity contribution >= 4 is 0 Å². The van der Waals surface area contributed by atoms with E-state index >= 15 is 0 Å². The maximum atomic E-state index is 2.53. The van der Waals surface area contributed by atoms with E-state index in [0.29, 0.717) is 0 Å². The molecule has 1 aliphatic heterocycles. The van der Waals surface area contributed by atoms with Gasteiger partial charge in [-0.25, -0.2) is 0 Å². The summed E-state index contributed by atoms with van der Waals surface area (Å²) in [6, 6.07) is 9.15. The number of hydrogen-bond donors (Lipinski definition) is 0. The summed E-state index contributed by atoms with van der Waals surface area (Å²) in [4.78, 5) is 2.53. The van der Waals surface area contributed by atoms with E-state index in [9.17, 15) is 0 Å². The first-order valence-corrected chi connectivity index (χ1v) is 8.75. The molecule has 1 saturated heterocycles. The fraction of sp³-hybridized carbons (Fsp3) is 0.619. The molecule has 0 N–H and O–H groups in total. The summed E-state index contributed by atoms with van der Waals surface area (Å²) in [5.41, 5.74) is 4.53. The van der Waals surface area contributed by atoms with Gasteiger partial charge in [0.2, 0.25) is 0 Å². The van der Waals surface area contributed by atoms with Gasteiger partial charge < -0.3 is 4.90 Å². The van der Waals surface area contributed by atoms with Crippen LogP contribution in [0.3, 0.4) is 0 Å². The van der Waals surface area contributed by atoms with Crippen LogP contribution in [0.15, 0.2) is 36.0 Å². The molecule has 1 nitrogen and oxygen atoms in total. The Labute approximate surface area is 137 Å². The second-order valence-corrected chi connectivity index (χ2v) is 8.50. The first-order chi connectivity index (χ1) is 10.2. The summed E-state index contributed by atoms with van der Waals surface area (Å²) in [5, 5.41) is 0. The van der Waals surface area contributed by atoms with Crippen molar-refractivity contribution in [1.29, 1.82) is 0 Å². The summed E-state index contributed by atoms with van der Waals surface area (Å²) in [7, 11) is 0. The van der Waals surface area contributed by atoms with Crippen LogP contribution in [-0.2, 0) is 11.8 Å².